The third-order valence-corrected chi connectivity index (χ3v) is 3.84. The number of piperidine rings is 1. The summed E-state index contributed by atoms with van der Waals surface area (Å²) in [6.07, 6.45) is 0.524. The van der Waals surface area contributed by atoms with E-state index in [0.29, 0.717) is 17.5 Å². The lowest BCUT2D eigenvalue weighted by molar-refractivity contribution is -0.136. The molecule has 0 aliphatic carbocycles. The van der Waals surface area contributed by atoms with Crippen LogP contribution in [0.5, 0.6) is 0 Å². The lowest BCUT2D eigenvalue weighted by Gasteiger charge is -2.29. The molecule has 0 saturated carbocycles. The minimum atomic E-state index is -0.657. The first-order valence-electron chi connectivity index (χ1n) is 6.41. The summed E-state index contributed by atoms with van der Waals surface area (Å²) in [6, 6.07) is 1.92. The summed E-state index contributed by atoms with van der Waals surface area (Å²) in [5, 5.41) is 2.23. The molecule has 20 heavy (non-hydrogen) atoms. The molecule has 0 radical (unpaired) electrons. The molecule has 0 aromatic heterocycles. The minimum Gasteiger partial charge on any atom is -0.322 e. The van der Waals surface area contributed by atoms with Crippen LogP contribution < -0.4 is 5.32 Å². The quantitative estimate of drug-likeness (QED) is 0.775. The van der Waals surface area contributed by atoms with Gasteiger partial charge in [-0.1, -0.05) is 0 Å². The number of rotatable bonds is 1. The molecule has 6 heteroatoms. The van der Waals surface area contributed by atoms with Crippen LogP contribution in [0, 0.1) is 12.7 Å². The minimum absolute atomic E-state index is 0.212. The van der Waals surface area contributed by atoms with Crippen molar-refractivity contribution in [2.24, 2.45) is 0 Å². The van der Waals surface area contributed by atoms with Gasteiger partial charge in [-0.05, 0) is 36.6 Å². The Morgan fingerprint density at radius 2 is 2.05 bits per heavy atom. The maximum absolute atomic E-state index is 13.4. The predicted molar refractivity (Wildman–Crippen MR) is 67.2 cm³/mol. The number of carbonyl (C=O) groups excluding carboxylic acids is 3. The van der Waals surface area contributed by atoms with Crippen molar-refractivity contribution in [2.45, 2.75) is 32.4 Å². The van der Waals surface area contributed by atoms with Crippen molar-refractivity contribution in [3.8, 4) is 0 Å². The second kappa shape index (κ2) is 4.40. The van der Waals surface area contributed by atoms with E-state index in [-0.39, 0.29) is 24.8 Å². The molecule has 2 heterocycles. The predicted octanol–water partition coefficient (Wildman–Crippen LogP) is 0.895. The Hall–Kier alpha value is -2.24. The maximum atomic E-state index is 13.4. The van der Waals surface area contributed by atoms with Crippen molar-refractivity contribution in [2.75, 3.05) is 0 Å². The van der Waals surface area contributed by atoms with E-state index in [1.807, 2.05) is 0 Å². The fourth-order valence-corrected chi connectivity index (χ4v) is 2.80. The van der Waals surface area contributed by atoms with E-state index in [0.717, 1.165) is 5.56 Å². The molecule has 0 bridgehead atoms. The monoisotopic (exact) mass is 276 g/mol. The average Bonchev–Trinajstić information content (AvgIpc) is 2.68. The molecule has 1 fully saturated rings. The van der Waals surface area contributed by atoms with Gasteiger partial charge < -0.3 is 4.90 Å². The summed E-state index contributed by atoms with van der Waals surface area (Å²) in [4.78, 5) is 36.7. The highest BCUT2D eigenvalue weighted by atomic mass is 19.1. The molecule has 1 atom stereocenters. The molecule has 1 saturated heterocycles. The van der Waals surface area contributed by atoms with E-state index in [1.54, 1.807) is 6.92 Å². The Kier molecular flexibility index (Phi) is 2.81. The fourth-order valence-electron chi connectivity index (χ4n) is 2.80. The van der Waals surface area contributed by atoms with Crippen LogP contribution in [0.4, 0.5) is 4.39 Å². The molecule has 1 aromatic rings. The van der Waals surface area contributed by atoms with Gasteiger partial charge in [-0.3, -0.25) is 19.7 Å². The maximum Gasteiger partial charge on any atom is 0.255 e. The first kappa shape index (κ1) is 12.8. The topological polar surface area (TPSA) is 66.5 Å². The Morgan fingerprint density at radius 3 is 2.75 bits per heavy atom. The number of hydrogen-bond acceptors (Lipinski definition) is 3. The number of imide groups is 1. The van der Waals surface area contributed by atoms with Crippen LogP contribution in [-0.2, 0) is 16.1 Å². The molecule has 1 aromatic carbocycles. The molecule has 2 aliphatic rings. The second-order valence-electron chi connectivity index (χ2n) is 5.15. The second-order valence-corrected chi connectivity index (χ2v) is 5.15. The van der Waals surface area contributed by atoms with Crippen molar-refractivity contribution in [3.63, 3.8) is 0 Å². The number of amides is 3. The Bertz CT molecular complexity index is 642. The molecule has 104 valence electrons. The number of hydrogen-bond donors (Lipinski definition) is 1. The standard InChI is InChI=1S/C14H13FN2O3/c1-7-4-8(15)5-9-10(7)6-17(14(9)20)11-2-3-12(18)16-13(11)19/h4-5,11H,2-3,6H2,1H3,(H,16,18,19). The van der Waals surface area contributed by atoms with Crippen LogP contribution in [0.1, 0.15) is 34.3 Å². The van der Waals surface area contributed by atoms with Gasteiger partial charge in [0.2, 0.25) is 11.8 Å². The summed E-state index contributed by atoms with van der Waals surface area (Å²) in [5.41, 5.74) is 1.76. The van der Waals surface area contributed by atoms with Crippen LogP contribution in [0.3, 0.4) is 0 Å². The van der Waals surface area contributed by atoms with Crippen molar-refractivity contribution in [3.05, 3.63) is 34.6 Å². The van der Waals surface area contributed by atoms with Gasteiger partial charge in [0.05, 0.1) is 0 Å². The molecule has 2 aliphatic heterocycles. The van der Waals surface area contributed by atoms with Crippen molar-refractivity contribution in [1.82, 2.24) is 10.2 Å². The number of halogens is 1. The number of nitrogens with one attached hydrogen (secondary N) is 1. The highest BCUT2D eigenvalue weighted by Gasteiger charge is 2.39. The van der Waals surface area contributed by atoms with Gasteiger partial charge >= 0.3 is 0 Å². The SMILES string of the molecule is Cc1cc(F)cc2c1CN(C1CCC(=O)NC1=O)C2=O. The van der Waals surface area contributed by atoms with Gasteiger partial charge in [0, 0.05) is 18.5 Å². The number of fused-ring (bicyclic) bond motifs is 1. The molecule has 1 unspecified atom stereocenters. The third kappa shape index (κ3) is 1.88. The number of carbonyl (C=O) groups is 3. The third-order valence-electron chi connectivity index (χ3n) is 3.84. The number of benzene rings is 1. The first-order chi connectivity index (χ1) is 9.47. The van der Waals surface area contributed by atoms with Gasteiger partial charge in [-0.2, -0.15) is 0 Å². The van der Waals surface area contributed by atoms with Gasteiger partial charge in [-0.25, -0.2) is 4.39 Å². The highest BCUT2D eigenvalue weighted by molar-refractivity contribution is 6.05. The summed E-state index contributed by atoms with van der Waals surface area (Å²) < 4.78 is 13.4. The summed E-state index contributed by atoms with van der Waals surface area (Å²) in [7, 11) is 0. The number of nitrogens with zero attached hydrogens (tertiary/aromatic N) is 1. The first-order valence-corrected chi connectivity index (χ1v) is 6.41. The van der Waals surface area contributed by atoms with E-state index in [9.17, 15) is 18.8 Å². The molecule has 3 rings (SSSR count). The molecule has 1 N–H and O–H groups in total. The van der Waals surface area contributed by atoms with Crippen LogP contribution in [-0.4, -0.2) is 28.7 Å². The van der Waals surface area contributed by atoms with Crippen LogP contribution in [0.2, 0.25) is 0 Å². The smallest absolute Gasteiger partial charge is 0.255 e. The van der Waals surface area contributed by atoms with Gasteiger partial charge in [0.1, 0.15) is 11.9 Å². The molecule has 3 amide bonds. The van der Waals surface area contributed by atoms with E-state index in [2.05, 4.69) is 5.32 Å². The summed E-state index contributed by atoms with van der Waals surface area (Å²) >= 11 is 0. The Morgan fingerprint density at radius 1 is 1.30 bits per heavy atom. The van der Waals surface area contributed by atoms with Crippen molar-refractivity contribution >= 4 is 17.7 Å². The zero-order valence-electron chi connectivity index (χ0n) is 10.9. The largest absolute Gasteiger partial charge is 0.322 e. The van der Waals surface area contributed by atoms with Gasteiger partial charge in [0.15, 0.2) is 0 Å². The molecule has 0 spiro atoms. The van der Waals surface area contributed by atoms with Crippen LogP contribution in [0.15, 0.2) is 12.1 Å². The van der Waals surface area contributed by atoms with E-state index in [1.165, 1.54) is 17.0 Å². The Balaban J connectivity index is 1.92. The zero-order chi connectivity index (χ0) is 14.4. The van der Waals surface area contributed by atoms with Gasteiger partial charge in [-0.15, -0.1) is 0 Å². The Labute approximate surface area is 114 Å². The molecular weight excluding hydrogens is 263 g/mol. The number of aryl methyl sites for hydroxylation is 1. The molecule has 5 nitrogen and oxygen atoms in total. The average molecular weight is 276 g/mol. The fraction of sp³-hybridized carbons (Fsp3) is 0.357. The molecular formula is C14H13FN2O3. The normalized spacial score (nSPS) is 22.0. The van der Waals surface area contributed by atoms with E-state index >= 15 is 0 Å². The van der Waals surface area contributed by atoms with Crippen LogP contribution >= 0.6 is 0 Å². The highest BCUT2D eigenvalue weighted by Crippen LogP contribution is 2.30. The van der Waals surface area contributed by atoms with Crippen molar-refractivity contribution in [1.29, 1.82) is 0 Å². The van der Waals surface area contributed by atoms with E-state index < -0.39 is 17.8 Å². The van der Waals surface area contributed by atoms with Crippen molar-refractivity contribution < 1.29 is 18.8 Å². The lowest BCUT2D eigenvalue weighted by atomic mass is 10.0. The van der Waals surface area contributed by atoms with Gasteiger partial charge in [0.25, 0.3) is 5.91 Å². The summed E-state index contributed by atoms with van der Waals surface area (Å²) in [5.74, 6) is -1.59. The summed E-state index contributed by atoms with van der Waals surface area (Å²) in [6.45, 7) is 2.02. The zero-order valence-corrected chi connectivity index (χ0v) is 10.9. The lowest BCUT2D eigenvalue weighted by Crippen LogP contribution is -2.52. The van der Waals surface area contributed by atoms with Crippen LogP contribution in [0.25, 0.3) is 0 Å². The van der Waals surface area contributed by atoms with E-state index in [4.69, 9.17) is 0 Å².